The molecule has 0 atom stereocenters. The first-order chi connectivity index (χ1) is 13.7. The smallest absolute Gasteiger partial charge is 0.252 e. The van der Waals surface area contributed by atoms with Crippen molar-refractivity contribution < 1.29 is 9.53 Å². The topological polar surface area (TPSA) is 69.0 Å². The Kier molecular flexibility index (Phi) is 5.01. The van der Waals surface area contributed by atoms with Gasteiger partial charge >= 0.3 is 0 Å². The molecule has 1 aromatic heterocycles. The number of methoxy groups -OCH3 is 1. The molecule has 140 valence electrons. The monoisotopic (exact) mass is 372 g/mol. The Morgan fingerprint density at radius 3 is 2.46 bits per heavy atom. The van der Waals surface area contributed by atoms with E-state index in [9.17, 15) is 4.79 Å². The van der Waals surface area contributed by atoms with Gasteiger partial charge in [0.1, 0.15) is 18.4 Å². The number of nitrogens with one attached hydrogen (secondary N) is 1. The summed E-state index contributed by atoms with van der Waals surface area (Å²) in [7, 11) is 1.63. The Morgan fingerprint density at radius 1 is 1.00 bits per heavy atom. The predicted molar refractivity (Wildman–Crippen MR) is 107 cm³/mol. The van der Waals surface area contributed by atoms with Gasteiger partial charge in [0.2, 0.25) is 0 Å². The van der Waals surface area contributed by atoms with Crippen LogP contribution in [0, 0.1) is 0 Å². The minimum atomic E-state index is -0.106. The summed E-state index contributed by atoms with van der Waals surface area (Å²) in [6.45, 7) is 1.13. The average molecular weight is 372 g/mol. The third-order valence-electron chi connectivity index (χ3n) is 4.64. The largest absolute Gasteiger partial charge is 0.496 e. The van der Waals surface area contributed by atoms with E-state index in [4.69, 9.17) is 4.74 Å². The van der Waals surface area contributed by atoms with E-state index >= 15 is 0 Å². The van der Waals surface area contributed by atoms with Crippen molar-refractivity contribution in [1.82, 2.24) is 20.1 Å². The van der Waals surface area contributed by atoms with Gasteiger partial charge in [-0.25, -0.2) is 9.67 Å². The second-order valence-corrected chi connectivity index (χ2v) is 6.45. The normalized spacial score (nSPS) is 10.8. The van der Waals surface area contributed by atoms with Gasteiger partial charge in [-0.05, 0) is 28.6 Å². The van der Waals surface area contributed by atoms with E-state index in [-0.39, 0.29) is 5.91 Å². The summed E-state index contributed by atoms with van der Waals surface area (Å²) in [5, 5.41) is 8.91. The van der Waals surface area contributed by atoms with Crippen LogP contribution in [0.5, 0.6) is 5.75 Å². The Balaban J connectivity index is 1.45. The predicted octanol–water partition coefficient (Wildman–Crippen LogP) is 3.42. The Bertz CT molecular complexity index is 1090. The van der Waals surface area contributed by atoms with Crippen molar-refractivity contribution in [2.75, 3.05) is 7.11 Å². The summed E-state index contributed by atoms with van der Waals surface area (Å²) in [5.41, 5.74) is 2.80. The molecule has 0 aliphatic heterocycles. The molecule has 4 rings (SSSR count). The zero-order chi connectivity index (χ0) is 19.3. The third-order valence-corrected chi connectivity index (χ3v) is 4.64. The Hall–Kier alpha value is -3.67. The molecule has 0 aliphatic carbocycles. The van der Waals surface area contributed by atoms with Crippen LogP contribution in [0.25, 0.3) is 10.8 Å². The fraction of sp³-hybridized carbons (Fsp3) is 0.136. The van der Waals surface area contributed by atoms with E-state index in [1.807, 2.05) is 54.6 Å². The number of fused-ring (bicyclic) bond motifs is 1. The van der Waals surface area contributed by atoms with Crippen LogP contribution >= 0.6 is 0 Å². The number of ether oxygens (including phenoxy) is 1. The highest BCUT2D eigenvalue weighted by atomic mass is 16.5. The van der Waals surface area contributed by atoms with Crippen molar-refractivity contribution >= 4 is 16.7 Å². The number of aromatic nitrogens is 3. The molecule has 1 N–H and O–H groups in total. The fourth-order valence-electron chi connectivity index (χ4n) is 3.19. The molecule has 1 heterocycles. The van der Waals surface area contributed by atoms with Crippen molar-refractivity contribution in [2.24, 2.45) is 0 Å². The summed E-state index contributed by atoms with van der Waals surface area (Å²) < 4.78 is 7.17. The van der Waals surface area contributed by atoms with Crippen LogP contribution in [0.3, 0.4) is 0 Å². The van der Waals surface area contributed by atoms with Crippen LogP contribution in [0.2, 0.25) is 0 Å². The highest BCUT2D eigenvalue weighted by Crippen LogP contribution is 2.28. The van der Waals surface area contributed by atoms with Crippen LogP contribution in [0.15, 0.2) is 73.3 Å². The molecule has 0 fully saturated rings. The molecule has 0 saturated heterocycles. The molecule has 4 aromatic rings. The van der Waals surface area contributed by atoms with Gasteiger partial charge in [0.25, 0.3) is 5.91 Å². The lowest BCUT2D eigenvalue weighted by Crippen LogP contribution is -2.23. The zero-order valence-corrected chi connectivity index (χ0v) is 15.5. The average Bonchev–Trinajstić information content (AvgIpc) is 3.25. The van der Waals surface area contributed by atoms with E-state index in [0.717, 1.165) is 27.6 Å². The quantitative estimate of drug-likeness (QED) is 0.563. The number of hydrogen-bond acceptors (Lipinski definition) is 4. The van der Waals surface area contributed by atoms with Crippen molar-refractivity contribution in [1.29, 1.82) is 0 Å². The van der Waals surface area contributed by atoms with E-state index in [1.54, 1.807) is 24.2 Å². The van der Waals surface area contributed by atoms with Gasteiger partial charge in [-0.2, -0.15) is 5.10 Å². The van der Waals surface area contributed by atoms with E-state index in [2.05, 4.69) is 15.4 Å². The van der Waals surface area contributed by atoms with E-state index in [0.29, 0.717) is 18.7 Å². The number of rotatable bonds is 6. The van der Waals surface area contributed by atoms with Crippen molar-refractivity contribution in [2.45, 2.75) is 13.1 Å². The number of benzene rings is 3. The van der Waals surface area contributed by atoms with Gasteiger partial charge in [-0.3, -0.25) is 4.79 Å². The minimum absolute atomic E-state index is 0.106. The first-order valence-corrected chi connectivity index (χ1v) is 8.99. The van der Waals surface area contributed by atoms with Crippen LogP contribution < -0.4 is 10.1 Å². The molecule has 6 heteroatoms. The van der Waals surface area contributed by atoms with Gasteiger partial charge in [0, 0.05) is 17.5 Å². The molecular weight excluding hydrogens is 352 g/mol. The van der Waals surface area contributed by atoms with Gasteiger partial charge in [-0.15, -0.1) is 0 Å². The Morgan fingerprint density at radius 2 is 1.75 bits per heavy atom. The molecule has 28 heavy (non-hydrogen) atoms. The first kappa shape index (κ1) is 17.7. The van der Waals surface area contributed by atoms with Gasteiger partial charge in [0.05, 0.1) is 13.7 Å². The Labute approximate surface area is 162 Å². The van der Waals surface area contributed by atoms with Crippen molar-refractivity contribution in [3.05, 3.63) is 90.0 Å². The second kappa shape index (κ2) is 7.92. The zero-order valence-electron chi connectivity index (χ0n) is 15.5. The number of amides is 1. The first-order valence-electron chi connectivity index (χ1n) is 8.99. The summed E-state index contributed by atoms with van der Waals surface area (Å²) >= 11 is 0. The van der Waals surface area contributed by atoms with Gasteiger partial charge < -0.3 is 10.1 Å². The SMILES string of the molecule is COc1ccc(C(=O)NCc2ccc(Cn3cncn3)cc2)c2ccccc12. The standard InChI is InChI=1S/C22H20N4O2/c1-28-21-11-10-20(18-4-2-3-5-19(18)21)22(27)24-12-16-6-8-17(9-7-16)13-26-15-23-14-25-26/h2-11,14-15H,12-13H2,1H3,(H,24,27). The second-order valence-electron chi connectivity index (χ2n) is 6.45. The molecular formula is C22H20N4O2. The number of carbonyl (C=O) groups excluding carboxylic acids is 1. The summed E-state index contributed by atoms with van der Waals surface area (Å²) in [5.74, 6) is 0.653. The summed E-state index contributed by atoms with van der Waals surface area (Å²) in [6, 6.07) is 19.5. The molecule has 0 radical (unpaired) electrons. The third kappa shape index (κ3) is 3.71. The fourth-order valence-corrected chi connectivity index (χ4v) is 3.19. The van der Waals surface area contributed by atoms with Crippen molar-refractivity contribution in [3.63, 3.8) is 0 Å². The molecule has 1 amide bonds. The van der Waals surface area contributed by atoms with Gasteiger partial charge in [0.15, 0.2) is 0 Å². The molecule has 3 aromatic carbocycles. The van der Waals surface area contributed by atoms with Crippen LogP contribution in [-0.2, 0) is 13.1 Å². The molecule has 6 nitrogen and oxygen atoms in total. The molecule has 0 bridgehead atoms. The van der Waals surface area contributed by atoms with E-state index < -0.39 is 0 Å². The van der Waals surface area contributed by atoms with Crippen LogP contribution in [0.4, 0.5) is 0 Å². The van der Waals surface area contributed by atoms with Crippen LogP contribution in [0.1, 0.15) is 21.5 Å². The maximum absolute atomic E-state index is 12.7. The van der Waals surface area contributed by atoms with Crippen molar-refractivity contribution in [3.8, 4) is 5.75 Å². The molecule has 0 aliphatic rings. The summed E-state index contributed by atoms with van der Waals surface area (Å²) in [4.78, 5) is 16.7. The molecule has 0 unspecified atom stereocenters. The summed E-state index contributed by atoms with van der Waals surface area (Å²) in [6.07, 6.45) is 3.21. The minimum Gasteiger partial charge on any atom is -0.496 e. The lowest BCUT2D eigenvalue weighted by molar-refractivity contribution is 0.0952. The van der Waals surface area contributed by atoms with E-state index in [1.165, 1.54) is 6.33 Å². The number of carbonyl (C=O) groups is 1. The van der Waals surface area contributed by atoms with Gasteiger partial charge in [-0.1, -0.05) is 48.5 Å². The highest BCUT2D eigenvalue weighted by Gasteiger charge is 2.12. The maximum Gasteiger partial charge on any atom is 0.252 e. The van der Waals surface area contributed by atoms with Crippen LogP contribution in [-0.4, -0.2) is 27.8 Å². The lowest BCUT2D eigenvalue weighted by atomic mass is 10.0. The maximum atomic E-state index is 12.7. The number of nitrogens with zero attached hydrogens (tertiary/aromatic N) is 3. The lowest BCUT2D eigenvalue weighted by Gasteiger charge is -2.11. The highest BCUT2D eigenvalue weighted by molar-refractivity contribution is 6.08. The molecule has 0 spiro atoms. The molecule has 0 saturated carbocycles. The number of hydrogen-bond donors (Lipinski definition) is 1.